The SMILES string of the molecule is CCCc1cc(C(=O)NC(CC)CCC)cc(NCC)n1. The van der Waals surface area contributed by atoms with Crippen molar-refractivity contribution < 1.29 is 4.79 Å². The number of rotatable bonds is 9. The van der Waals surface area contributed by atoms with E-state index in [1.807, 2.05) is 19.1 Å². The fraction of sp³-hybridized carbons (Fsp3) is 0.647. The first-order valence-corrected chi connectivity index (χ1v) is 8.20. The summed E-state index contributed by atoms with van der Waals surface area (Å²) in [5, 5.41) is 6.33. The Morgan fingerprint density at radius 2 is 1.95 bits per heavy atom. The number of anilines is 1. The van der Waals surface area contributed by atoms with E-state index in [9.17, 15) is 4.79 Å². The Hall–Kier alpha value is -1.58. The third kappa shape index (κ3) is 5.74. The van der Waals surface area contributed by atoms with Crippen molar-refractivity contribution in [3.63, 3.8) is 0 Å². The molecule has 0 saturated heterocycles. The second-order valence-corrected chi connectivity index (χ2v) is 5.38. The van der Waals surface area contributed by atoms with Crippen molar-refractivity contribution >= 4 is 11.7 Å². The molecular weight excluding hydrogens is 262 g/mol. The summed E-state index contributed by atoms with van der Waals surface area (Å²) in [5.41, 5.74) is 1.68. The van der Waals surface area contributed by atoms with Crippen LogP contribution in [0.15, 0.2) is 12.1 Å². The van der Waals surface area contributed by atoms with Gasteiger partial charge in [0.2, 0.25) is 0 Å². The van der Waals surface area contributed by atoms with Gasteiger partial charge in [-0.1, -0.05) is 33.6 Å². The minimum Gasteiger partial charge on any atom is -0.370 e. The molecule has 2 N–H and O–H groups in total. The van der Waals surface area contributed by atoms with Crippen molar-refractivity contribution in [3.8, 4) is 0 Å². The van der Waals surface area contributed by atoms with Crippen LogP contribution in [0.25, 0.3) is 0 Å². The molecular formula is C17H29N3O. The van der Waals surface area contributed by atoms with E-state index in [0.29, 0.717) is 5.56 Å². The Labute approximate surface area is 128 Å². The fourth-order valence-corrected chi connectivity index (χ4v) is 2.37. The number of aryl methyl sites for hydroxylation is 1. The molecule has 0 bridgehead atoms. The van der Waals surface area contributed by atoms with Crippen molar-refractivity contribution in [3.05, 3.63) is 23.4 Å². The van der Waals surface area contributed by atoms with Gasteiger partial charge in [-0.05, 0) is 38.3 Å². The highest BCUT2D eigenvalue weighted by Gasteiger charge is 2.13. The summed E-state index contributed by atoms with van der Waals surface area (Å²) >= 11 is 0. The zero-order chi connectivity index (χ0) is 15.7. The van der Waals surface area contributed by atoms with Gasteiger partial charge in [-0.3, -0.25) is 4.79 Å². The average molecular weight is 291 g/mol. The lowest BCUT2D eigenvalue weighted by Crippen LogP contribution is -2.34. The minimum absolute atomic E-state index is 0.00852. The molecule has 0 aliphatic carbocycles. The average Bonchev–Trinajstić information content (AvgIpc) is 2.47. The third-order valence-corrected chi connectivity index (χ3v) is 3.47. The predicted molar refractivity (Wildman–Crippen MR) is 88.8 cm³/mol. The van der Waals surface area contributed by atoms with Crippen molar-refractivity contribution in [2.45, 2.75) is 65.8 Å². The van der Waals surface area contributed by atoms with Gasteiger partial charge in [0.05, 0.1) is 0 Å². The van der Waals surface area contributed by atoms with Gasteiger partial charge in [0.15, 0.2) is 0 Å². The van der Waals surface area contributed by atoms with Gasteiger partial charge in [-0.25, -0.2) is 4.98 Å². The Balaban J connectivity index is 2.90. The van der Waals surface area contributed by atoms with Crippen LogP contribution in [0.2, 0.25) is 0 Å². The summed E-state index contributed by atoms with van der Waals surface area (Å²) in [5.74, 6) is 0.798. The van der Waals surface area contributed by atoms with Crippen LogP contribution in [0, 0.1) is 0 Å². The van der Waals surface area contributed by atoms with E-state index in [0.717, 1.165) is 50.2 Å². The lowest BCUT2D eigenvalue weighted by molar-refractivity contribution is 0.0933. The molecule has 4 heteroatoms. The van der Waals surface area contributed by atoms with Crippen LogP contribution < -0.4 is 10.6 Å². The van der Waals surface area contributed by atoms with Crippen LogP contribution in [0.5, 0.6) is 0 Å². The Morgan fingerprint density at radius 1 is 1.19 bits per heavy atom. The lowest BCUT2D eigenvalue weighted by atomic mass is 10.1. The third-order valence-electron chi connectivity index (χ3n) is 3.47. The standard InChI is InChI=1S/C17H29N3O/c1-5-9-14(7-3)20-17(21)13-11-15(10-6-2)19-16(12-13)18-8-4/h11-12,14H,5-10H2,1-4H3,(H,18,19)(H,20,21). The number of pyridine rings is 1. The summed E-state index contributed by atoms with van der Waals surface area (Å²) in [7, 11) is 0. The summed E-state index contributed by atoms with van der Waals surface area (Å²) in [6.07, 6.45) is 4.99. The number of carbonyl (C=O) groups excluding carboxylic acids is 1. The normalized spacial score (nSPS) is 12.0. The second kappa shape index (κ2) is 9.37. The molecule has 21 heavy (non-hydrogen) atoms. The van der Waals surface area contributed by atoms with Crippen molar-refractivity contribution in [2.75, 3.05) is 11.9 Å². The van der Waals surface area contributed by atoms with E-state index in [4.69, 9.17) is 0 Å². The van der Waals surface area contributed by atoms with E-state index < -0.39 is 0 Å². The lowest BCUT2D eigenvalue weighted by Gasteiger charge is -2.17. The Kier molecular flexibility index (Phi) is 7.80. The molecule has 1 aromatic rings. The first kappa shape index (κ1) is 17.5. The molecule has 1 heterocycles. The summed E-state index contributed by atoms with van der Waals surface area (Å²) < 4.78 is 0. The number of nitrogens with one attached hydrogen (secondary N) is 2. The zero-order valence-electron chi connectivity index (χ0n) is 13.8. The largest absolute Gasteiger partial charge is 0.370 e. The van der Waals surface area contributed by atoms with Crippen molar-refractivity contribution in [1.82, 2.24) is 10.3 Å². The first-order chi connectivity index (χ1) is 10.1. The van der Waals surface area contributed by atoms with Gasteiger partial charge < -0.3 is 10.6 Å². The van der Waals surface area contributed by atoms with Crippen LogP contribution in [-0.4, -0.2) is 23.5 Å². The number of hydrogen-bond acceptors (Lipinski definition) is 3. The van der Waals surface area contributed by atoms with E-state index >= 15 is 0 Å². The van der Waals surface area contributed by atoms with E-state index in [1.165, 1.54) is 0 Å². The first-order valence-electron chi connectivity index (χ1n) is 8.20. The highest BCUT2D eigenvalue weighted by Crippen LogP contribution is 2.13. The molecule has 4 nitrogen and oxygen atoms in total. The maximum Gasteiger partial charge on any atom is 0.251 e. The molecule has 0 aliphatic heterocycles. The number of nitrogens with zero attached hydrogens (tertiary/aromatic N) is 1. The predicted octanol–water partition coefficient (Wildman–Crippen LogP) is 3.77. The monoisotopic (exact) mass is 291 g/mol. The quantitative estimate of drug-likeness (QED) is 0.728. The Bertz CT molecular complexity index is 421. The van der Waals surface area contributed by atoms with Gasteiger partial charge in [-0.2, -0.15) is 0 Å². The number of aromatic nitrogens is 1. The highest BCUT2D eigenvalue weighted by atomic mass is 16.1. The summed E-state index contributed by atoms with van der Waals surface area (Å²) in [4.78, 5) is 17.0. The smallest absolute Gasteiger partial charge is 0.251 e. The highest BCUT2D eigenvalue weighted by molar-refractivity contribution is 5.95. The summed E-state index contributed by atoms with van der Waals surface area (Å²) in [6, 6.07) is 4.02. The maximum atomic E-state index is 12.4. The van der Waals surface area contributed by atoms with E-state index in [1.54, 1.807) is 0 Å². The molecule has 1 aromatic heterocycles. The van der Waals surface area contributed by atoms with Crippen LogP contribution in [-0.2, 0) is 6.42 Å². The van der Waals surface area contributed by atoms with Crippen LogP contribution in [0.4, 0.5) is 5.82 Å². The molecule has 0 spiro atoms. The molecule has 118 valence electrons. The molecule has 0 radical (unpaired) electrons. The van der Waals surface area contributed by atoms with Gasteiger partial charge in [0.1, 0.15) is 5.82 Å². The van der Waals surface area contributed by atoms with E-state index in [2.05, 4.69) is 36.4 Å². The molecule has 0 saturated carbocycles. The maximum absolute atomic E-state index is 12.4. The second-order valence-electron chi connectivity index (χ2n) is 5.38. The van der Waals surface area contributed by atoms with Gasteiger partial charge in [0.25, 0.3) is 5.91 Å². The zero-order valence-corrected chi connectivity index (χ0v) is 13.8. The topological polar surface area (TPSA) is 54.0 Å². The Morgan fingerprint density at radius 3 is 2.52 bits per heavy atom. The molecule has 0 fully saturated rings. The molecule has 1 amide bonds. The molecule has 1 rings (SSSR count). The number of hydrogen-bond donors (Lipinski definition) is 2. The molecule has 1 unspecified atom stereocenters. The molecule has 0 aromatic carbocycles. The van der Waals surface area contributed by atoms with Gasteiger partial charge in [-0.15, -0.1) is 0 Å². The number of carbonyl (C=O) groups is 1. The molecule has 0 aliphatic rings. The van der Waals surface area contributed by atoms with Crippen molar-refractivity contribution in [2.24, 2.45) is 0 Å². The fourth-order valence-electron chi connectivity index (χ4n) is 2.37. The minimum atomic E-state index is 0.00852. The van der Waals surface area contributed by atoms with Crippen molar-refractivity contribution in [1.29, 1.82) is 0 Å². The van der Waals surface area contributed by atoms with E-state index in [-0.39, 0.29) is 11.9 Å². The summed E-state index contributed by atoms with van der Waals surface area (Å²) in [6.45, 7) is 9.21. The number of amides is 1. The van der Waals surface area contributed by atoms with Gasteiger partial charge >= 0.3 is 0 Å². The van der Waals surface area contributed by atoms with Crippen LogP contribution in [0.3, 0.4) is 0 Å². The van der Waals surface area contributed by atoms with Gasteiger partial charge in [0, 0.05) is 23.8 Å². The van der Waals surface area contributed by atoms with Crippen LogP contribution in [0.1, 0.15) is 69.4 Å². The molecule has 1 atom stereocenters. The van der Waals surface area contributed by atoms with Crippen LogP contribution >= 0.6 is 0 Å².